The molecular weight excluding hydrogens is 350 g/mol. The van der Waals surface area contributed by atoms with E-state index in [-0.39, 0.29) is 17.1 Å². The molecule has 0 saturated heterocycles. The lowest BCUT2D eigenvalue weighted by molar-refractivity contribution is -0.146. The topological polar surface area (TPSA) is 84.2 Å². The number of carbonyl (C=O) groups is 2. The summed E-state index contributed by atoms with van der Waals surface area (Å²) in [5.41, 5.74) is 0.491. The maximum Gasteiger partial charge on any atom is 0.331 e. The average Bonchev–Trinajstić information content (AvgIpc) is 3.04. The summed E-state index contributed by atoms with van der Waals surface area (Å²) in [4.78, 5) is 24.0. The highest BCUT2D eigenvalue weighted by molar-refractivity contribution is 7.99. The molecule has 1 amide bonds. The van der Waals surface area contributed by atoms with Crippen molar-refractivity contribution in [2.45, 2.75) is 44.2 Å². The first-order valence-corrected chi connectivity index (χ1v) is 9.51. The van der Waals surface area contributed by atoms with E-state index < -0.39 is 11.5 Å². The van der Waals surface area contributed by atoms with E-state index in [1.807, 2.05) is 44.2 Å². The average molecular weight is 375 g/mol. The predicted octanol–water partition coefficient (Wildman–Crippen LogP) is 3.60. The number of nitrogens with one attached hydrogen (secondary N) is 1. The highest BCUT2D eigenvalue weighted by Crippen LogP contribution is 2.25. The molecule has 2 N–H and O–H groups in total. The lowest BCUT2D eigenvalue weighted by Gasteiger charge is -2.20. The summed E-state index contributed by atoms with van der Waals surface area (Å²) >= 11 is 1.59. The molecule has 2 rings (SSSR count). The van der Waals surface area contributed by atoms with Gasteiger partial charge in [-0.15, -0.1) is 11.8 Å². The molecular formula is C19H25N3O3S. The van der Waals surface area contributed by atoms with Gasteiger partial charge in [0, 0.05) is 11.9 Å². The van der Waals surface area contributed by atoms with Gasteiger partial charge in [0.2, 0.25) is 5.91 Å². The van der Waals surface area contributed by atoms with Crippen LogP contribution in [-0.2, 0) is 20.9 Å². The van der Waals surface area contributed by atoms with Gasteiger partial charge in [0.1, 0.15) is 0 Å². The van der Waals surface area contributed by atoms with Gasteiger partial charge in [0.05, 0.1) is 17.1 Å². The number of aromatic nitrogens is 2. The van der Waals surface area contributed by atoms with Crippen molar-refractivity contribution in [1.29, 1.82) is 0 Å². The van der Waals surface area contributed by atoms with Gasteiger partial charge in [-0.25, -0.2) is 4.79 Å². The summed E-state index contributed by atoms with van der Waals surface area (Å²) < 4.78 is 1.34. The Hall–Kier alpha value is -2.28. The van der Waals surface area contributed by atoms with Crippen molar-refractivity contribution in [2.75, 3.05) is 5.32 Å². The van der Waals surface area contributed by atoms with Gasteiger partial charge in [-0.3, -0.25) is 9.48 Å². The predicted molar refractivity (Wildman–Crippen MR) is 104 cm³/mol. The quantitative estimate of drug-likeness (QED) is 0.736. The first-order chi connectivity index (χ1) is 12.2. The number of carboxylic acid groups (broad SMARTS) is 1. The maximum atomic E-state index is 12.7. The van der Waals surface area contributed by atoms with Crippen LogP contribution in [0.15, 0.2) is 42.7 Å². The molecule has 26 heavy (non-hydrogen) atoms. The van der Waals surface area contributed by atoms with Crippen LogP contribution in [0.25, 0.3) is 0 Å². The Labute approximate surface area is 158 Å². The summed E-state index contributed by atoms with van der Waals surface area (Å²) in [5.74, 6) is -0.178. The summed E-state index contributed by atoms with van der Waals surface area (Å²) in [6.45, 7) is 7.14. The molecule has 0 fully saturated rings. The van der Waals surface area contributed by atoms with Crippen LogP contribution in [0.4, 0.5) is 5.69 Å². The van der Waals surface area contributed by atoms with E-state index in [0.29, 0.717) is 5.69 Å². The molecule has 1 unspecified atom stereocenters. The molecule has 0 aliphatic carbocycles. The lowest BCUT2D eigenvalue weighted by Crippen LogP contribution is -2.36. The molecule has 140 valence electrons. The Balaban J connectivity index is 2.04. The highest BCUT2D eigenvalue weighted by atomic mass is 32.2. The number of carboxylic acids is 1. The maximum absolute atomic E-state index is 12.7. The number of rotatable bonds is 8. The Morgan fingerprint density at radius 2 is 1.92 bits per heavy atom. The van der Waals surface area contributed by atoms with Crippen molar-refractivity contribution >= 4 is 29.3 Å². The number of nitrogens with zero attached hydrogens (tertiary/aromatic N) is 2. The van der Waals surface area contributed by atoms with Crippen molar-refractivity contribution in [3.05, 3.63) is 48.3 Å². The summed E-state index contributed by atoms with van der Waals surface area (Å²) in [7, 11) is 0. The van der Waals surface area contributed by atoms with E-state index in [9.17, 15) is 14.7 Å². The molecule has 0 aliphatic heterocycles. The van der Waals surface area contributed by atoms with E-state index in [2.05, 4.69) is 10.4 Å². The molecule has 0 aliphatic rings. The number of amides is 1. The van der Waals surface area contributed by atoms with Crippen LogP contribution >= 0.6 is 11.8 Å². The van der Waals surface area contributed by atoms with Crippen LogP contribution in [0.2, 0.25) is 0 Å². The zero-order valence-corrected chi connectivity index (χ0v) is 16.3. The fraction of sp³-hybridized carbons (Fsp3) is 0.421. The highest BCUT2D eigenvalue weighted by Gasteiger charge is 2.30. The van der Waals surface area contributed by atoms with Crippen molar-refractivity contribution in [3.8, 4) is 0 Å². The Morgan fingerprint density at radius 1 is 1.27 bits per heavy atom. The first kappa shape index (κ1) is 20.0. The molecule has 2 aromatic rings. The second kappa shape index (κ2) is 8.40. The van der Waals surface area contributed by atoms with Crippen LogP contribution < -0.4 is 5.32 Å². The lowest BCUT2D eigenvalue weighted by atomic mass is 10.1. The molecule has 0 saturated carbocycles. The zero-order valence-electron chi connectivity index (χ0n) is 15.5. The number of aliphatic carboxylic acids is 1. The molecule has 6 nitrogen and oxygen atoms in total. The normalized spacial score (nSPS) is 12.8. The summed E-state index contributed by atoms with van der Waals surface area (Å²) in [5, 5.41) is 16.0. The van der Waals surface area contributed by atoms with Gasteiger partial charge < -0.3 is 10.4 Å². The van der Waals surface area contributed by atoms with Crippen LogP contribution in [0.5, 0.6) is 0 Å². The Kier molecular flexibility index (Phi) is 6.47. The molecule has 1 aromatic heterocycles. The summed E-state index contributed by atoms with van der Waals surface area (Å²) in [6, 6.07) is 10.0. The minimum atomic E-state index is -1.18. The number of hydrogen-bond acceptors (Lipinski definition) is 4. The minimum absolute atomic E-state index is 0.103. The van der Waals surface area contributed by atoms with Crippen LogP contribution in [0, 0.1) is 5.92 Å². The molecule has 1 aromatic carbocycles. The first-order valence-electron chi connectivity index (χ1n) is 8.46. The SMILES string of the molecule is CC(C)C(SCc1ccccc1)C(=O)Nc1cnn(C(C)(C)C(=O)O)c1. The number of hydrogen-bond donors (Lipinski definition) is 2. The van der Waals surface area contributed by atoms with E-state index in [0.717, 1.165) is 5.75 Å². The number of carbonyl (C=O) groups excluding carboxylic acids is 1. The van der Waals surface area contributed by atoms with Crippen LogP contribution in [-0.4, -0.2) is 32.0 Å². The minimum Gasteiger partial charge on any atom is -0.479 e. The third kappa shape index (κ3) is 4.88. The number of anilines is 1. The van der Waals surface area contributed by atoms with Crippen molar-refractivity contribution in [3.63, 3.8) is 0 Å². The largest absolute Gasteiger partial charge is 0.479 e. The van der Waals surface area contributed by atoms with Gasteiger partial charge in [-0.05, 0) is 25.3 Å². The van der Waals surface area contributed by atoms with Gasteiger partial charge in [0.25, 0.3) is 0 Å². The van der Waals surface area contributed by atoms with Crippen LogP contribution in [0.3, 0.4) is 0 Å². The zero-order chi connectivity index (χ0) is 19.3. The van der Waals surface area contributed by atoms with Gasteiger partial charge in [-0.1, -0.05) is 44.2 Å². The monoisotopic (exact) mass is 375 g/mol. The van der Waals surface area contributed by atoms with Crippen molar-refractivity contribution in [1.82, 2.24) is 9.78 Å². The fourth-order valence-corrected chi connectivity index (χ4v) is 3.50. The van der Waals surface area contributed by atoms with Gasteiger partial charge in [0.15, 0.2) is 5.54 Å². The van der Waals surface area contributed by atoms with Gasteiger partial charge in [-0.2, -0.15) is 5.10 Å². The molecule has 0 radical (unpaired) electrons. The van der Waals surface area contributed by atoms with Crippen LogP contribution in [0.1, 0.15) is 33.3 Å². The smallest absolute Gasteiger partial charge is 0.331 e. The van der Waals surface area contributed by atoms with Crippen molar-refractivity contribution in [2.24, 2.45) is 5.92 Å². The Bertz CT molecular complexity index is 756. The molecule has 1 atom stereocenters. The third-order valence-corrected chi connectivity index (χ3v) is 5.70. The second-order valence-electron chi connectivity index (χ2n) is 6.99. The van der Waals surface area contributed by atoms with E-state index in [1.54, 1.807) is 31.8 Å². The number of benzene rings is 1. The molecule has 0 bridgehead atoms. The third-order valence-electron chi connectivity index (χ3n) is 4.08. The summed E-state index contributed by atoms with van der Waals surface area (Å²) in [6.07, 6.45) is 3.02. The van der Waals surface area contributed by atoms with E-state index in [1.165, 1.54) is 16.4 Å². The number of thioether (sulfide) groups is 1. The Morgan fingerprint density at radius 3 is 2.50 bits per heavy atom. The van der Waals surface area contributed by atoms with E-state index in [4.69, 9.17) is 0 Å². The molecule has 0 spiro atoms. The fourth-order valence-electron chi connectivity index (χ4n) is 2.34. The van der Waals surface area contributed by atoms with Gasteiger partial charge >= 0.3 is 5.97 Å². The molecule has 1 heterocycles. The standard InChI is InChI=1S/C19H25N3O3S/c1-13(2)16(26-12-14-8-6-5-7-9-14)17(23)21-15-10-20-22(11-15)19(3,4)18(24)25/h5-11,13,16H,12H2,1-4H3,(H,21,23)(H,24,25). The van der Waals surface area contributed by atoms with E-state index >= 15 is 0 Å². The van der Waals surface area contributed by atoms with Crippen molar-refractivity contribution < 1.29 is 14.7 Å². The second-order valence-corrected chi connectivity index (χ2v) is 8.12. The molecule has 7 heteroatoms.